The summed E-state index contributed by atoms with van der Waals surface area (Å²) in [6.45, 7) is 3.62. The van der Waals surface area contributed by atoms with Crippen molar-refractivity contribution in [3.05, 3.63) is 59.8 Å². The number of aromatic nitrogens is 3. The van der Waals surface area contributed by atoms with Gasteiger partial charge < -0.3 is 5.32 Å². The van der Waals surface area contributed by atoms with E-state index in [4.69, 9.17) is 0 Å². The monoisotopic (exact) mass is 401 g/mol. The van der Waals surface area contributed by atoms with Crippen molar-refractivity contribution in [1.82, 2.24) is 19.3 Å². The van der Waals surface area contributed by atoms with Gasteiger partial charge in [0.25, 0.3) is 5.91 Å². The van der Waals surface area contributed by atoms with Crippen LogP contribution in [-0.2, 0) is 6.54 Å². The zero-order valence-corrected chi connectivity index (χ0v) is 16.4. The van der Waals surface area contributed by atoms with Crippen LogP contribution in [0.4, 0.5) is 5.82 Å². The van der Waals surface area contributed by atoms with Crippen molar-refractivity contribution in [2.24, 2.45) is 0 Å². The molecule has 3 aromatic rings. The van der Waals surface area contributed by atoms with E-state index >= 15 is 0 Å². The predicted molar refractivity (Wildman–Crippen MR) is 110 cm³/mol. The summed E-state index contributed by atoms with van der Waals surface area (Å²) in [5.74, 6) is 1.23. The van der Waals surface area contributed by atoms with Crippen molar-refractivity contribution in [2.75, 3.05) is 29.9 Å². The first-order chi connectivity index (χ1) is 13.4. The number of amides is 1. The normalized spacial score (nSPS) is 18.1. The maximum atomic E-state index is 12.8. The van der Waals surface area contributed by atoms with Gasteiger partial charge in [0.05, 0.1) is 22.7 Å². The summed E-state index contributed by atoms with van der Waals surface area (Å²) >= 11 is 0. The lowest BCUT2D eigenvalue weighted by Gasteiger charge is -2.40. The minimum Gasteiger partial charge on any atom is -0.304 e. The van der Waals surface area contributed by atoms with Gasteiger partial charge in [0.15, 0.2) is 0 Å². The van der Waals surface area contributed by atoms with E-state index in [1.165, 1.54) is 0 Å². The van der Waals surface area contributed by atoms with Crippen molar-refractivity contribution in [2.45, 2.75) is 13.5 Å². The number of fused-ring (bicyclic) bond motifs is 1. The van der Waals surface area contributed by atoms with Gasteiger partial charge in [-0.3, -0.25) is 23.2 Å². The molecule has 148 valence electrons. The summed E-state index contributed by atoms with van der Waals surface area (Å²) in [6, 6.07) is 11.2. The van der Waals surface area contributed by atoms with E-state index in [0.29, 0.717) is 42.8 Å². The standard InChI is InChI=1S/C19H23N5O3S/c1-14-5-4-7-17(20-14)22-19(25)18-21-15(16-6-2-3-8-24(16)18)13-23-9-11-28(26,27)12-10-23/h2-8,26-27H,9-13H2,1H3,(H,20,22,25). The summed E-state index contributed by atoms with van der Waals surface area (Å²) in [6.07, 6.45) is 1.82. The highest BCUT2D eigenvalue weighted by Gasteiger charge is 2.24. The maximum Gasteiger partial charge on any atom is 0.293 e. The molecule has 1 amide bonds. The van der Waals surface area contributed by atoms with Crippen molar-refractivity contribution < 1.29 is 13.9 Å². The molecule has 0 spiro atoms. The fourth-order valence-electron chi connectivity index (χ4n) is 3.30. The van der Waals surface area contributed by atoms with Crippen LogP contribution in [0.3, 0.4) is 0 Å². The first-order valence-electron chi connectivity index (χ1n) is 9.08. The number of nitrogens with zero attached hydrogens (tertiary/aromatic N) is 4. The second kappa shape index (κ2) is 7.51. The molecule has 28 heavy (non-hydrogen) atoms. The van der Waals surface area contributed by atoms with Crippen LogP contribution in [-0.4, -0.2) is 58.9 Å². The Morgan fingerprint density at radius 1 is 1.14 bits per heavy atom. The highest BCUT2D eigenvalue weighted by molar-refractivity contribution is 8.24. The van der Waals surface area contributed by atoms with E-state index in [9.17, 15) is 13.9 Å². The van der Waals surface area contributed by atoms with Gasteiger partial charge in [-0.25, -0.2) is 9.97 Å². The van der Waals surface area contributed by atoms with E-state index in [1.807, 2.05) is 43.5 Å². The van der Waals surface area contributed by atoms with Gasteiger partial charge in [0, 0.05) is 31.5 Å². The Hall–Kier alpha value is -2.46. The van der Waals surface area contributed by atoms with Crippen LogP contribution in [0.2, 0.25) is 0 Å². The lowest BCUT2D eigenvalue weighted by molar-refractivity contribution is 0.101. The van der Waals surface area contributed by atoms with Crippen molar-refractivity contribution >= 4 is 27.8 Å². The predicted octanol–water partition coefficient (Wildman–Crippen LogP) is 2.86. The molecular formula is C19H23N5O3S. The van der Waals surface area contributed by atoms with Gasteiger partial charge in [-0.1, -0.05) is 12.1 Å². The Morgan fingerprint density at radius 2 is 1.93 bits per heavy atom. The molecule has 0 aliphatic carbocycles. The van der Waals surface area contributed by atoms with E-state index in [2.05, 4.69) is 20.2 Å². The second-order valence-electron chi connectivity index (χ2n) is 6.94. The second-order valence-corrected chi connectivity index (χ2v) is 9.36. The van der Waals surface area contributed by atoms with Crippen LogP contribution in [0.25, 0.3) is 5.52 Å². The maximum absolute atomic E-state index is 12.8. The average molecular weight is 401 g/mol. The zero-order valence-electron chi connectivity index (χ0n) is 15.6. The Kier molecular flexibility index (Phi) is 5.07. The molecule has 0 bridgehead atoms. The SMILES string of the molecule is Cc1cccc(NC(=O)c2nc(CN3CCS(O)(O)CC3)c3ccccn23)n1. The zero-order chi connectivity index (χ0) is 19.7. The van der Waals surface area contributed by atoms with Crippen LogP contribution in [0, 0.1) is 6.92 Å². The molecule has 1 aliphatic heterocycles. The summed E-state index contributed by atoms with van der Waals surface area (Å²) in [5, 5.41) is 2.81. The van der Waals surface area contributed by atoms with Crippen molar-refractivity contribution in [1.29, 1.82) is 0 Å². The number of hydrogen-bond acceptors (Lipinski definition) is 6. The molecule has 0 saturated carbocycles. The van der Waals surface area contributed by atoms with Crippen molar-refractivity contribution in [3.8, 4) is 0 Å². The molecule has 3 N–H and O–H groups in total. The molecule has 1 saturated heterocycles. The number of hydrogen-bond donors (Lipinski definition) is 3. The van der Waals surface area contributed by atoms with Gasteiger partial charge >= 0.3 is 0 Å². The summed E-state index contributed by atoms with van der Waals surface area (Å²) in [4.78, 5) is 23.9. The number of pyridine rings is 2. The molecule has 1 aliphatic rings. The highest BCUT2D eigenvalue weighted by Crippen LogP contribution is 2.40. The Balaban J connectivity index is 1.58. The van der Waals surface area contributed by atoms with Crippen LogP contribution in [0.5, 0.6) is 0 Å². The minimum atomic E-state index is -2.44. The van der Waals surface area contributed by atoms with E-state index < -0.39 is 10.6 Å². The van der Waals surface area contributed by atoms with E-state index in [0.717, 1.165) is 16.9 Å². The van der Waals surface area contributed by atoms with E-state index in [-0.39, 0.29) is 5.91 Å². The molecule has 1 fully saturated rings. The van der Waals surface area contributed by atoms with Gasteiger partial charge in [0.2, 0.25) is 5.82 Å². The topological polar surface area (TPSA) is 103 Å². The number of nitrogens with one attached hydrogen (secondary N) is 1. The molecule has 0 atom stereocenters. The largest absolute Gasteiger partial charge is 0.304 e. The first-order valence-corrected chi connectivity index (χ1v) is 11.0. The molecule has 3 aromatic heterocycles. The molecule has 0 unspecified atom stereocenters. The summed E-state index contributed by atoms with van der Waals surface area (Å²) < 4.78 is 21.4. The third-order valence-corrected chi connectivity index (χ3v) is 6.47. The Morgan fingerprint density at radius 3 is 2.68 bits per heavy atom. The minimum absolute atomic E-state index is 0.301. The first kappa shape index (κ1) is 18.9. The lowest BCUT2D eigenvalue weighted by Crippen LogP contribution is -2.37. The average Bonchev–Trinajstić information content (AvgIpc) is 3.02. The van der Waals surface area contributed by atoms with Gasteiger partial charge in [-0.05, 0) is 31.2 Å². The van der Waals surface area contributed by atoms with Crippen molar-refractivity contribution in [3.63, 3.8) is 0 Å². The smallest absolute Gasteiger partial charge is 0.293 e. The number of carbonyl (C=O) groups excluding carboxylic acids is 1. The van der Waals surface area contributed by atoms with Crippen LogP contribution in [0.15, 0.2) is 42.6 Å². The fraction of sp³-hybridized carbons (Fsp3) is 0.316. The van der Waals surface area contributed by atoms with Gasteiger partial charge in [-0.2, -0.15) is 10.6 Å². The van der Waals surface area contributed by atoms with Crippen LogP contribution < -0.4 is 5.32 Å². The lowest BCUT2D eigenvalue weighted by atomic mass is 10.3. The number of imidazole rings is 1. The molecule has 0 aromatic carbocycles. The molecule has 0 radical (unpaired) electrons. The molecule has 8 nitrogen and oxygen atoms in total. The summed E-state index contributed by atoms with van der Waals surface area (Å²) in [5.41, 5.74) is 2.48. The number of rotatable bonds is 4. The summed E-state index contributed by atoms with van der Waals surface area (Å²) in [7, 11) is -2.44. The van der Waals surface area contributed by atoms with Crippen LogP contribution >= 0.6 is 10.6 Å². The fourth-order valence-corrected chi connectivity index (χ4v) is 4.60. The number of aryl methyl sites for hydroxylation is 1. The van der Waals surface area contributed by atoms with Gasteiger partial charge in [0.1, 0.15) is 5.82 Å². The van der Waals surface area contributed by atoms with Crippen LogP contribution in [0.1, 0.15) is 22.0 Å². The molecular weight excluding hydrogens is 378 g/mol. The third kappa shape index (κ3) is 4.02. The molecule has 4 heterocycles. The Bertz CT molecular complexity index is 1010. The van der Waals surface area contributed by atoms with E-state index in [1.54, 1.807) is 10.5 Å². The quantitative estimate of drug-likeness (QED) is 0.621. The molecule has 9 heteroatoms. The highest BCUT2D eigenvalue weighted by atomic mass is 32.3. The van der Waals surface area contributed by atoms with Gasteiger partial charge in [-0.15, -0.1) is 0 Å². The number of anilines is 1. The Labute approximate surface area is 164 Å². The molecule has 4 rings (SSSR count). The third-order valence-electron chi connectivity index (χ3n) is 4.80. The number of carbonyl (C=O) groups is 1.